The molecule has 23 heavy (non-hydrogen) atoms. The molecule has 0 fully saturated rings. The largest absolute Gasteiger partial charge is 0.333 e. The number of nitrogens with zero attached hydrogens (tertiary/aromatic N) is 2. The number of amidine groups is 1. The summed E-state index contributed by atoms with van der Waals surface area (Å²) in [4.78, 5) is 19.5. The molecular formula is C20H18N2O. The number of hydrogen-bond donors (Lipinski definition) is 0. The highest BCUT2D eigenvalue weighted by Crippen LogP contribution is 2.22. The van der Waals surface area contributed by atoms with E-state index in [4.69, 9.17) is 0 Å². The quantitative estimate of drug-likeness (QED) is 0.790. The molecule has 3 nitrogen and oxygen atoms in total. The minimum absolute atomic E-state index is 0.0867. The first-order valence-corrected chi connectivity index (χ1v) is 7.91. The molecule has 2 heterocycles. The Hall–Kier alpha value is -2.68. The van der Waals surface area contributed by atoms with Crippen molar-refractivity contribution in [1.82, 2.24) is 4.90 Å². The van der Waals surface area contributed by atoms with Gasteiger partial charge in [0, 0.05) is 18.3 Å². The van der Waals surface area contributed by atoms with Gasteiger partial charge < -0.3 is 4.90 Å². The molecule has 3 heteroatoms. The fourth-order valence-electron chi connectivity index (χ4n) is 3.15. The summed E-state index contributed by atoms with van der Waals surface area (Å²) in [7, 11) is 0. The zero-order valence-electron chi connectivity index (χ0n) is 13.1. The Labute approximate surface area is 135 Å². The Kier molecular flexibility index (Phi) is 3.34. The Bertz CT molecular complexity index is 876. The van der Waals surface area contributed by atoms with Gasteiger partial charge in [0.15, 0.2) is 5.78 Å². The molecule has 114 valence electrons. The minimum atomic E-state index is -0.0867. The van der Waals surface area contributed by atoms with E-state index in [1.807, 2.05) is 42.6 Å². The molecular weight excluding hydrogens is 284 g/mol. The Morgan fingerprint density at radius 3 is 2.87 bits per heavy atom. The third-order valence-corrected chi connectivity index (χ3v) is 4.46. The van der Waals surface area contributed by atoms with Gasteiger partial charge in [-0.2, -0.15) is 0 Å². The molecule has 0 aliphatic carbocycles. The molecule has 2 aromatic rings. The fourth-order valence-corrected chi connectivity index (χ4v) is 3.15. The van der Waals surface area contributed by atoms with Gasteiger partial charge in [0.25, 0.3) is 0 Å². The number of ketones is 1. The number of Topliss-reactive ketones (excluding diaryl/α,β-unsaturated/α-hetero) is 1. The minimum Gasteiger partial charge on any atom is -0.333 e. The molecule has 0 bridgehead atoms. The topological polar surface area (TPSA) is 32.7 Å². The highest BCUT2D eigenvalue weighted by Gasteiger charge is 2.27. The van der Waals surface area contributed by atoms with Gasteiger partial charge in [0.1, 0.15) is 5.84 Å². The Morgan fingerprint density at radius 1 is 1.17 bits per heavy atom. The number of rotatable bonds is 2. The van der Waals surface area contributed by atoms with Crippen LogP contribution in [0.4, 0.5) is 0 Å². The summed E-state index contributed by atoms with van der Waals surface area (Å²) in [6.45, 7) is 3.32. The van der Waals surface area contributed by atoms with Gasteiger partial charge in [-0.1, -0.05) is 36.4 Å². The molecule has 0 spiro atoms. The molecule has 0 saturated carbocycles. The lowest BCUT2D eigenvalue weighted by Crippen LogP contribution is -2.40. The van der Waals surface area contributed by atoms with Crippen molar-refractivity contribution in [2.24, 2.45) is 10.9 Å². The first-order valence-electron chi connectivity index (χ1n) is 7.91. The summed E-state index contributed by atoms with van der Waals surface area (Å²) in [5, 5.41) is 2.27. The average molecular weight is 302 g/mol. The first kappa shape index (κ1) is 13.9. The fraction of sp³-hybridized carbons (Fsp3) is 0.200. The van der Waals surface area contributed by atoms with Crippen LogP contribution in [0.3, 0.4) is 0 Å². The van der Waals surface area contributed by atoms with Crippen molar-refractivity contribution >= 4 is 22.4 Å². The molecule has 0 aromatic heterocycles. The van der Waals surface area contributed by atoms with Crippen molar-refractivity contribution in [3.8, 4) is 0 Å². The van der Waals surface area contributed by atoms with Gasteiger partial charge in [0.05, 0.1) is 12.5 Å². The van der Waals surface area contributed by atoms with Crippen molar-refractivity contribution in [3.63, 3.8) is 0 Å². The second-order valence-corrected chi connectivity index (χ2v) is 6.18. The van der Waals surface area contributed by atoms with E-state index in [1.54, 1.807) is 0 Å². The average Bonchev–Trinajstić information content (AvgIpc) is 2.60. The molecule has 1 unspecified atom stereocenters. The molecule has 0 N–H and O–H groups in total. The number of carbonyl (C=O) groups excluding carboxylic acids is 1. The summed E-state index contributed by atoms with van der Waals surface area (Å²) < 4.78 is 0. The van der Waals surface area contributed by atoms with Gasteiger partial charge >= 0.3 is 0 Å². The van der Waals surface area contributed by atoms with Crippen molar-refractivity contribution in [2.45, 2.75) is 6.92 Å². The lowest BCUT2D eigenvalue weighted by Gasteiger charge is -2.31. The molecule has 0 saturated heterocycles. The third kappa shape index (κ3) is 2.59. The van der Waals surface area contributed by atoms with Crippen LogP contribution in [0.1, 0.15) is 17.3 Å². The highest BCUT2D eigenvalue weighted by molar-refractivity contribution is 6.03. The van der Waals surface area contributed by atoms with E-state index in [1.165, 1.54) is 5.57 Å². The van der Waals surface area contributed by atoms with Crippen LogP contribution in [0.25, 0.3) is 10.8 Å². The second kappa shape index (κ2) is 5.51. The molecule has 4 rings (SSSR count). The second-order valence-electron chi connectivity index (χ2n) is 6.18. The molecule has 0 amide bonds. The summed E-state index contributed by atoms with van der Waals surface area (Å²) in [5.74, 6) is 1.06. The van der Waals surface area contributed by atoms with E-state index < -0.39 is 0 Å². The van der Waals surface area contributed by atoms with E-state index >= 15 is 0 Å². The van der Waals surface area contributed by atoms with E-state index in [9.17, 15) is 4.79 Å². The van der Waals surface area contributed by atoms with Gasteiger partial charge in [-0.15, -0.1) is 0 Å². The van der Waals surface area contributed by atoms with Gasteiger partial charge in [-0.05, 0) is 41.5 Å². The van der Waals surface area contributed by atoms with Crippen LogP contribution in [0.2, 0.25) is 0 Å². The maximum atomic E-state index is 12.8. The normalized spacial score (nSPS) is 20.0. The maximum Gasteiger partial charge on any atom is 0.169 e. The number of benzene rings is 2. The Morgan fingerprint density at radius 2 is 2.00 bits per heavy atom. The highest BCUT2D eigenvalue weighted by atomic mass is 16.1. The molecule has 2 aliphatic rings. The van der Waals surface area contributed by atoms with Crippen LogP contribution in [-0.4, -0.2) is 29.6 Å². The zero-order valence-corrected chi connectivity index (χ0v) is 13.1. The SMILES string of the molecule is CC1=CC2=NCC(C(=O)c3ccc4ccccc4c3)CN2C=C1. The van der Waals surface area contributed by atoms with Crippen molar-refractivity contribution in [3.05, 3.63) is 72.0 Å². The predicted molar refractivity (Wildman–Crippen MR) is 93.7 cm³/mol. The molecule has 2 aliphatic heterocycles. The predicted octanol–water partition coefficient (Wildman–Crippen LogP) is 3.83. The van der Waals surface area contributed by atoms with E-state index in [2.05, 4.69) is 35.0 Å². The summed E-state index contributed by atoms with van der Waals surface area (Å²) in [6.07, 6.45) is 6.15. The lowest BCUT2D eigenvalue weighted by molar-refractivity contribution is 0.0909. The van der Waals surface area contributed by atoms with Crippen LogP contribution in [0.5, 0.6) is 0 Å². The number of allylic oxidation sites excluding steroid dienone is 2. The van der Waals surface area contributed by atoms with E-state index in [0.29, 0.717) is 13.1 Å². The monoisotopic (exact) mass is 302 g/mol. The standard InChI is InChI=1S/C20H18N2O/c1-14-8-9-22-13-18(12-21-19(22)10-14)20(23)17-7-6-15-4-2-3-5-16(15)11-17/h2-11,18H,12-13H2,1H3. The number of carbonyl (C=O) groups is 1. The van der Waals surface area contributed by atoms with E-state index in [0.717, 1.165) is 22.2 Å². The molecule has 2 aromatic carbocycles. The van der Waals surface area contributed by atoms with Crippen LogP contribution in [0, 0.1) is 5.92 Å². The Balaban J connectivity index is 1.61. The van der Waals surface area contributed by atoms with Crippen LogP contribution in [0.15, 0.2) is 71.4 Å². The third-order valence-electron chi connectivity index (χ3n) is 4.46. The van der Waals surface area contributed by atoms with Gasteiger partial charge in [-0.25, -0.2) is 0 Å². The van der Waals surface area contributed by atoms with E-state index in [-0.39, 0.29) is 11.7 Å². The lowest BCUT2D eigenvalue weighted by atomic mass is 9.94. The van der Waals surface area contributed by atoms with Crippen molar-refractivity contribution in [1.29, 1.82) is 0 Å². The summed E-state index contributed by atoms with van der Waals surface area (Å²) >= 11 is 0. The van der Waals surface area contributed by atoms with Gasteiger partial charge in [-0.3, -0.25) is 9.79 Å². The zero-order chi connectivity index (χ0) is 15.8. The van der Waals surface area contributed by atoms with Crippen molar-refractivity contribution in [2.75, 3.05) is 13.1 Å². The molecule has 1 atom stereocenters. The van der Waals surface area contributed by atoms with Crippen LogP contribution < -0.4 is 0 Å². The summed E-state index contributed by atoms with van der Waals surface area (Å²) in [6, 6.07) is 14.1. The molecule has 0 radical (unpaired) electrons. The van der Waals surface area contributed by atoms with Crippen LogP contribution in [-0.2, 0) is 0 Å². The summed E-state index contributed by atoms with van der Waals surface area (Å²) in [5.41, 5.74) is 1.97. The van der Waals surface area contributed by atoms with Crippen molar-refractivity contribution < 1.29 is 4.79 Å². The van der Waals surface area contributed by atoms with Crippen LogP contribution >= 0.6 is 0 Å². The number of fused-ring (bicyclic) bond motifs is 2. The number of hydrogen-bond acceptors (Lipinski definition) is 3. The number of aliphatic imine (C=N–C) groups is 1. The van der Waals surface area contributed by atoms with Gasteiger partial charge in [0.2, 0.25) is 0 Å². The maximum absolute atomic E-state index is 12.8. The first-order chi connectivity index (χ1) is 11.2. The smallest absolute Gasteiger partial charge is 0.169 e.